The van der Waals surface area contributed by atoms with Gasteiger partial charge in [0, 0.05) is 25.4 Å². The summed E-state index contributed by atoms with van der Waals surface area (Å²) in [5.41, 5.74) is 1.11. The molecular formula is C12H20N4S. The third kappa shape index (κ3) is 3.49. The summed E-state index contributed by atoms with van der Waals surface area (Å²) in [6.07, 6.45) is 4.50. The summed E-state index contributed by atoms with van der Waals surface area (Å²) in [7, 11) is 1.84. The average molecular weight is 252 g/mol. The standard InChI is InChI=1S/C12H20N4S/c1-9-7-15-12(13-2)16-11(9)14-8-10-3-5-17-6-4-10/h7,10H,3-6,8H2,1-2H3,(H2,13,14,15,16). The van der Waals surface area contributed by atoms with E-state index >= 15 is 0 Å². The number of hydrogen-bond donors (Lipinski definition) is 2. The van der Waals surface area contributed by atoms with Crippen LogP contribution in [0.2, 0.25) is 0 Å². The van der Waals surface area contributed by atoms with Crippen LogP contribution in [0.4, 0.5) is 11.8 Å². The molecule has 0 atom stereocenters. The lowest BCUT2D eigenvalue weighted by atomic mass is 10.0. The molecular weight excluding hydrogens is 232 g/mol. The van der Waals surface area contributed by atoms with Gasteiger partial charge < -0.3 is 10.6 Å². The molecule has 94 valence electrons. The second kappa shape index (κ2) is 6.10. The monoisotopic (exact) mass is 252 g/mol. The fourth-order valence-corrected chi connectivity index (χ4v) is 3.14. The van der Waals surface area contributed by atoms with Crippen LogP contribution < -0.4 is 10.6 Å². The highest BCUT2D eigenvalue weighted by Crippen LogP contribution is 2.23. The SMILES string of the molecule is CNc1ncc(C)c(NCC2CCSCC2)n1. The van der Waals surface area contributed by atoms with E-state index in [2.05, 4.69) is 32.4 Å². The van der Waals surface area contributed by atoms with E-state index in [-0.39, 0.29) is 0 Å². The van der Waals surface area contributed by atoms with Gasteiger partial charge in [-0.05, 0) is 37.2 Å². The smallest absolute Gasteiger partial charge is 0.224 e. The number of nitrogens with zero attached hydrogens (tertiary/aromatic N) is 2. The zero-order valence-electron chi connectivity index (χ0n) is 10.5. The molecule has 1 aliphatic rings. The van der Waals surface area contributed by atoms with Crippen molar-refractivity contribution in [1.82, 2.24) is 9.97 Å². The average Bonchev–Trinajstić information content (AvgIpc) is 2.39. The molecule has 0 aromatic carbocycles. The second-order valence-corrected chi connectivity index (χ2v) is 5.64. The van der Waals surface area contributed by atoms with Crippen LogP contribution in [0.5, 0.6) is 0 Å². The first-order valence-corrected chi connectivity index (χ1v) is 7.28. The van der Waals surface area contributed by atoms with Crippen molar-refractivity contribution in [3.63, 3.8) is 0 Å². The van der Waals surface area contributed by atoms with Gasteiger partial charge in [0.25, 0.3) is 0 Å². The summed E-state index contributed by atoms with van der Waals surface area (Å²) in [6, 6.07) is 0. The first-order chi connectivity index (χ1) is 8.29. The van der Waals surface area contributed by atoms with E-state index in [1.165, 1.54) is 24.3 Å². The highest BCUT2D eigenvalue weighted by Gasteiger charge is 2.14. The molecule has 0 radical (unpaired) electrons. The molecule has 1 fully saturated rings. The van der Waals surface area contributed by atoms with Gasteiger partial charge in [0.05, 0.1) is 0 Å². The van der Waals surface area contributed by atoms with Gasteiger partial charge in [-0.25, -0.2) is 4.98 Å². The fourth-order valence-electron chi connectivity index (χ4n) is 1.93. The minimum atomic E-state index is 0.678. The van der Waals surface area contributed by atoms with E-state index in [4.69, 9.17) is 0 Å². The lowest BCUT2D eigenvalue weighted by Gasteiger charge is -2.22. The van der Waals surface area contributed by atoms with Crippen molar-refractivity contribution in [2.75, 3.05) is 35.7 Å². The Labute approximate surface area is 107 Å². The van der Waals surface area contributed by atoms with Gasteiger partial charge >= 0.3 is 0 Å². The molecule has 0 unspecified atom stereocenters. The van der Waals surface area contributed by atoms with Crippen molar-refractivity contribution >= 4 is 23.5 Å². The molecule has 1 saturated heterocycles. The van der Waals surface area contributed by atoms with Crippen LogP contribution in [0.25, 0.3) is 0 Å². The van der Waals surface area contributed by atoms with Gasteiger partial charge in [0.2, 0.25) is 5.95 Å². The lowest BCUT2D eigenvalue weighted by molar-refractivity contribution is 0.515. The van der Waals surface area contributed by atoms with Crippen molar-refractivity contribution in [3.05, 3.63) is 11.8 Å². The molecule has 2 N–H and O–H groups in total. The van der Waals surface area contributed by atoms with Gasteiger partial charge in [-0.1, -0.05) is 0 Å². The Bertz CT molecular complexity index is 364. The number of hydrogen-bond acceptors (Lipinski definition) is 5. The lowest BCUT2D eigenvalue weighted by Crippen LogP contribution is -2.20. The Morgan fingerprint density at radius 1 is 1.41 bits per heavy atom. The van der Waals surface area contributed by atoms with Crippen LogP contribution >= 0.6 is 11.8 Å². The van der Waals surface area contributed by atoms with E-state index in [0.29, 0.717) is 5.95 Å². The van der Waals surface area contributed by atoms with Gasteiger partial charge in [-0.15, -0.1) is 0 Å². The minimum Gasteiger partial charge on any atom is -0.369 e. The molecule has 4 nitrogen and oxygen atoms in total. The van der Waals surface area contributed by atoms with Gasteiger partial charge in [-0.2, -0.15) is 16.7 Å². The Morgan fingerprint density at radius 3 is 2.88 bits per heavy atom. The topological polar surface area (TPSA) is 49.8 Å². The van der Waals surface area contributed by atoms with E-state index in [1.54, 1.807) is 0 Å². The highest BCUT2D eigenvalue weighted by molar-refractivity contribution is 7.99. The van der Waals surface area contributed by atoms with Crippen LogP contribution in [0.3, 0.4) is 0 Å². The predicted octanol–water partition coefficient (Wildman–Crippen LogP) is 2.38. The molecule has 0 bridgehead atoms. The van der Waals surface area contributed by atoms with E-state index < -0.39 is 0 Å². The molecule has 0 amide bonds. The van der Waals surface area contributed by atoms with Crippen molar-refractivity contribution in [2.24, 2.45) is 5.92 Å². The van der Waals surface area contributed by atoms with Crippen LogP contribution in [0.15, 0.2) is 6.20 Å². The molecule has 0 spiro atoms. The van der Waals surface area contributed by atoms with E-state index in [0.717, 1.165) is 23.8 Å². The number of nitrogens with one attached hydrogen (secondary N) is 2. The van der Waals surface area contributed by atoms with E-state index in [1.807, 2.05) is 20.2 Å². The van der Waals surface area contributed by atoms with Crippen molar-refractivity contribution < 1.29 is 0 Å². The Kier molecular flexibility index (Phi) is 4.48. The normalized spacial score (nSPS) is 16.8. The molecule has 1 aliphatic heterocycles. The quantitative estimate of drug-likeness (QED) is 0.861. The zero-order valence-corrected chi connectivity index (χ0v) is 11.3. The minimum absolute atomic E-state index is 0.678. The maximum absolute atomic E-state index is 4.44. The second-order valence-electron chi connectivity index (χ2n) is 4.41. The third-order valence-corrected chi connectivity index (χ3v) is 4.14. The van der Waals surface area contributed by atoms with Gasteiger partial charge in [0.15, 0.2) is 0 Å². The van der Waals surface area contributed by atoms with Crippen LogP contribution in [0, 0.1) is 12.8 Å². The number of aryl methyl sites for hydroxylation is 1. The zero-order chi connectivity index (χ0) is 12.1. The summed E-state index contributed by atoms with van der Waals surface area (Å²) in [5, 5.41) is 6.42. The largest absolute Gasteiger partial charge is 0.369 e. The maximum atomic E-state index is 4.44. The fraction of sp³-hybridized carbons (Fsp3) is 0.667. The first-order valence-electron chi connectivity index (χ1n) is 6.12. The van der Waals surface area contributed by atoms with Gasteiger partial charge in [-0.3, -0.25) is 0 Å². The maximum Gasteiger partial charge on any atom is 0.224 e. The van der Waals surface area contributed by atoms with E-state index in [9.17, 15) is 0 Å². The molecule has 0 aliphatic carbocycles. The van der Waals surface area contributed by atoms with Crippen molar-refractivity contribution in [1.29, 1.82) is 0 Å². The molecule has 2 rings (SSSR count). The summed E-state index contributed by atoms with van der Waals surface area (Å²) in [6.45, 7) is 3.07. The molecule has 2 heterocycles. The third-order valence-electron chi connectivity index (χ3n) is 3.09. The Balaban J connectivity index is 1.92. The predicted molar refractivity (Wildman–Crippen MR) is 74.9 cm³/mol. The Hall–Kier alpha value is -0.970. The number of rotatable bonds is 4. The molecule has 1 aromatic heterocycles. The molecule has 0 saturated carbocycles. The summed E-state index contributed by atoms with van der Waals surface area (Å²) in [5.74, 6) is 5.04. The summed E-state index contributed by atoms with van der Waals surface area (Å²) < 4.78 is 0. The number of anilines is 2. The van der Waals surface area contributed by atoms with Crippen molar-refractivity contribution in [2.45, 2.75) is 19.8 Å². The van der Waals surface area contributed by atoms with Crippen molar-refractivity contribution in [3.8, 4) is 0 Å². The highest BCUT2D eigenvalue weighted by atomic mass is 32.2. The van der Waals surface area contributed by atoms with Crippen LogP contribution in [-0.4, -0.2) is 35.1 Å². The Morgan fingerprint density at radius 2 is 2.18 bits per heavy atom. The van der Waals surface area contributed by atoms with Crippen LogP contribution in [-0.2, 0) is 0 Å². The van der Waals surface area contributed by atoms with Gasteiger partial charge in [0.1, 0.15) is 5.82 Å². The number of thioether (sulfide) groups is 1. The number of aromatic nitrogens is 2. The molecule has 5 heteroatoms. The summed E-state index contributed by atoms with van der Waals surface area (Å²) in [4.78, 5) is 8.62. The first kappa shape index (κ1) is 12.5. The summed E-state index contributed by atoms with van der Waals surface area (Å²) >= 11 is 2.07. The molecule has 1 aromatic rings. The van der Waals surface area contributed by atoms with Crippen LogP contribution in [0.1, 0.15) is 18.4 Å². The molecule has 17 heavy (non-hydrogen) atoms.